The highest BCUT2D eigenvalue weighted by molar-refractivity contribution is 6.07. The molecule has 0 spiro atoms. The summed E-state index contributed by atoms with van der Waals surface area (Å²) in [7, 11) is 0. The van der Waals surface area contributed by atoms with Crippen molar-refractivity contribution >= 4 is 23.2 Å². The van der Waals surface area contributed by atoms with E-state index in [0.29, 0.717) is 28.3 Å². The number of hydrogen-bond donors (Lipinski definition) is 2. The van der Waals surface area contributed by atoms with E-state index in [1.165, 1.54) is 6.42 Å². The van der Waals surface area contributed by atoms with E-state index in [4.69, 9.17) is 10.2 Å². The predicted molar refractivity (Wildman–Crippen MR) is 97.2 cm³/mol. The zero-order valence-corrected chi connectivity index (χ0v) is 14.6. The molecule has 1 aromatic carbocycles. The van der Waals surface area contributed by atoms with Gasteiger partial charge in [0.25, 0.3) is 5.91 Å². The van der Waals surface area contributed by atoms with Crippen molar-refractivity contribution in [1.82, 2.24) is 0 Å². The fraction of sp³-hybridized carbons (Fsp3) is 0.368. The van der Waals surface area contributed by atoms with Gasteiger partial charge in [-0.2, -0.15) is 0 Å². The van der Waals surface area contributed by atoms with E-state index >= 15 is 0 Å². The number of rotatable bonds is 4. The predicted octanol–water partition coefficient (Wildman–Crippen LogP) is 3.24. The van der Waals surface area contributed by atoms with Crippen LogP contribution in [-0.2, 0) is 0 Å². The summed E-state index contributed by atoms with van der Waals surface area (Å²) in [5.41, 5.74) is 7.78. The Morgan fingerprint density at radius 2 is 1.84 bits per heavy atom. The number of nitrogens with one attached hydrogen (secondary N) is 1. The van der Waals surface area contributed by atoms with Crippen LogP contribution in [0.3, 0.4) is 0 Å². The van der Waals surface area contributed by atoms with Crippen molar-refractivity contribution in [3.8, 4) is 0 Å². The summed E-state index contributed by atoms with van der Waals surface area (Å²) in [6.45, 7) is 5.43. The molecule has 0 atom stereocenters. The Kier molecular flexibility index (Phi) is 4.79. The van der Waals surface area contributed by atoms with Crippen molar-refractivity contribution in [2.45, 2.75) is 33.1 Å². The van der Waals surface area contributed by atoms with Crippen LogP contribution in [0.1, 0.15) is 51.5 Å². The molecule has 3 N–H and O–H groups in total. The minimum atomic E-state index is -0.518. The zero-order chi connectivity index (χ0) is 18.0. The fourth-order valence-electron chi connectivity index (χ4n) is 3.25. The van der Waals surface area contributed by atoms with Crippen LogP contribution >= 0.6 is 0 Å². The molecule has 0 aliphatic carbocycles. The summed E-state index contributed by atoms with van der Waals surface area (Å²) >= 11 is 0. The molecule has 6 nitrogen and oxygen atoms in total. The van der Waals surface area contributed by atoms with Crippen molar-refractivity contribution in [3.63, 3.8) is 0 Å². The smallest absolute Gasteiger partial charge is 0.259 e. The number of benzene rings is 1. The lowest BCUT2D eigenvalue weighted by Gasteiger charge is -2.30. The van der Waals surface area contributed by atoms with Gasteiger partial charge >= 0.3 is 0 Å². The summed E-state index contributed by atoms with van der Waals surface area (Å²) < 4.78 is 5.44. The number of piperidine rings is 1. The number of hydrogen-bond acceptors (Lipinski definition) is 4. The number of carbonyl (C=O) groups is 2. The first-order valence-electron chi connectivity index (χ1n) is 8.53. The topological polar surface area (TPSA) is 88.6 Å². The SMILES string of the molecule is Cc1cc(C(=O)Nc2cc(C(N)=O)ccc2N2CCCCC2)c(C)o1. The van der Waals surface area contributed by atoms with Crippen LogP contribution in [0.25, 0.3) is 0 Å². The highest BCUT2D eigenvalue weighted by Crippen LogP contribution is 2.30. The molecule has 3 rings (SSSR count). The third-order valence-corrected chi connectivity index (χ3v) is 4.51. The normalized spacial score (nSPS) is 14.4. The third kappa shape index (κ3) is 3.68. The maximum atomic E-state index is 12.7. The van der Waals surface area contributed by atoms with Crippen LogP contribution in [-0.4, -0.2) is 24.9 Å². The lowest BCUT2D eigenvalue weighted by atomic mass is 10.1. The summed E-state index contributed by atoms with van der Waals surface area (Å²) in [6.07, 6.45) is 3.45. The monoisotopic (exact) mass is 341 g/mol. The minimum Gasteiger partial charge on any atom is -0.466 e. The molecule has 0 bridgehead atoms. The van der Waals surface area contributed by atoms with Crippen LogP contribution in [0.4, 0.5) is 11.4 Å². The van der Waals surface area contributed by atoms with Crippen LogP contribution in [0, 0.1) is 13.8 Å². The van der Waals surface area contributed by atoms with E-state index in [-0.39, 0.29) is 5.91 Å². The van der Waals surface area contributed by atoms with Gasteiger partial charge in [-0.15, -0.1) is 0 Å². The van der Waals surface area contributed by atoms with Crippen LogP contribution in [0.5, 0.6) is 0 Å². The van der Waals surface area contributed by atoms with Crippen LogP contribution < -0.4 is 16.0 Å². The average molecular weight is 341 g/mol. The van der Waals surface area contributed by atoms with Crippen molar-refractivity contribution in [2.24, 2.45) is 5.73 Å². The minimum absolute atomic E-state index is 0.255. The van der Waals surface area contributed by atoms with E-state index in [1.807, 2.05) is 6.07 Å². The molecule has 2 amide bonds. The van der Waals surface area contributed by atoms with Crippen molar-refractivity contribution < 1.29 is 14.0 Å². The van der Waals surface area contributed by atoms with Crippen molar-refractivity contribution in [1.29, 1.82) is 0 Å². The molecule has 1 saturated heterocycles. The molecule has 1 aliphatic rings. The van der Waals surface area contributed by atoms with Gasteiger partial charge in [0, 0.05) is 18.7 Å². The number of primary amides is 1. The second-order valence-corrected chi connectivity index (χ2v) is 6.42. The molecular formula is C19H23N3O3. The van der Waals surface area contributed by atoms with Gasteiger partial charge in [-0.05, 0) is 57.4 Å². The molecule has 25 heavy (non-hydrogen) atoms. The number of amides is 2. The molecule has 2 aromatic rings. The number of anilines is 2. The number of nitrogens with zero attached hydrogens (tertiary/aromatic N) is 1. The molecule has 1 aliphatic heterocycles. The molecule has 0 saturated carbocycles. The summed E-state index contributed by atoms with van der Waals surface area (Å²) in [5, 5.41) is 2.93. The molecule has 1 aromatic heterocycles. The van der Waals surface area contributed by atoms with E-state index in [1.54, 1.807) is 32.0 Å². The first-order valence-corrected chi connectivity index (χ1v) is 8.53. The van der Waals surface area contributed by atoms with Gasteiger partial charge in [-0.1, -0.05) is 0 Å². The molecule has 2 heterocycles. The van der Waals surface area contributed by atoms with E-state index in [0.717, 1.165) is 31.6 Å². The summed E-state index contributed by atoms with van der Waals surface area (Å²) in [4.78, 5) is 26.4. The van der Waals surface area contributed by atoms with Crippen molar-refractivity contribution in [3.05, 3.63) is 46.9 Å². The van der Waals surface area contributed by atoms with Crippen LogP contribution in [0.2, 0.25) is 0 Å². The molecule has 6 heteroatoms. The van der Waals surface area contributed by atoms with E-state index in [2.05, 4.69) is 10.2 Å². The number of carbonyl (C=O) groups excluding carboxylic acids is 2. The van der Waals surface area contributed by atoms with Gasteiger partial charge in [-0.25, -0.2) is 0 Å². The number of furan rings is 1. The second kappa shape index (κ2) is 7.01. The second-order valence-electron chi connectivity index (χ2n) is 6.42. The Bertz CT molecular complexity index is 804. The standard InChI is InChI=1S/C19H23N3O3/c1-12-10-15(13(2)25-12)19(24)21-16-11-14(18(20)23)6-7-17(16)22-8-4-3-5-9-22/h6-7,10-11H,3-5,8-9H2,1-2H3,(H2,20,23)(H,21,24). The van der Waals surface area contributed by atoms with Gasteiger partial charge in [-0.3, -0.25) is 9.59 Å². The Morgan fingerprint density at radius 1 is 1.12 bits per heavy atom. The van der Waals surface area contributed by atoms with E-state index in [9.17, 15) is 9.59 Å². The maximum absolute atomic E-state index is 12.7. The quantitative estimate of drug-likeness (QED) is 0.893. The Hall–Kier alpha value is -2.76. The van der Waals surface area contributed by atoms with Gasteiger partial charge in [0.05, 0.1) is 16.9 Å². The summed E-state index contributed by atoms with van der Waals surface area (Å²) in [5.74, 6) is 0.482. The zero-order valence-electron chi connectivity index (χ0n) is 14.6. The number of aryl methyl sites for hydroxylation is 2. The van der Waals surface area contributed by atoms with Gasteiger partial charge in [0.2, 0.25) is 5.91 Å². The molecular weight excluding hydrogens is 318 g/mol. The average Bonchev–Trinajstić information content (AvgIpc) is 2.94. The summed E-state index contributed by atoms with van der Waals surface area (Å²) in [6, 6.07) is 6.92. The Morgan fingerprint density at radius 3 is 2.44 bits per heavy atom. The molecule has 132 valence electrons. The maximum Gasteiger partial charge on any atom is 0.259 e. The lowest BCUT2D eigenvalue weighted by Crippen LogP contribution is -2.30. The number of nitrogens with two attached hydrogens (primary N) is 1. The lowest BCUT2D eigenvalue weighted by molar-refractivity contribution is 0.0996. The molecule has 0 unspecified atom stereocenters. The van der Waals surface area contributed by atoms with Crippen molar-refractivity contribution in [2.75, 3.05) is 23.3 Å². The van der Waals surface area contributed by atoms with Gasteiger partial charge in [0.1, 0.15) is 11.5 Å². The highest BCUT2D eigenvalue weighted by atomic mass is 16.3. The first kappa shape index (κ1) is 17.1. The first-order chi connectivity index (χ1) is 12.0. The largest absolute Gasteiger partial charge is 0.466 e. The molecule has 0 radical (unpaired) electrons. The molecule has 1 fully saturated rings. The Balaban J connectivity index is 1.94. The van der Waals surface area contributed by atoms with Gasteiger partial charge in [0.15, 0.2) is 0 Å². The van der Waals surface area contributed by atoms with Gasteiger partial charge < -0.3 is 20.4 Å². The highest BCUT2D eigenvalue weighted by Gasteiger charge is 2.20. The fourth-order valence-corrected chi connectivity index (χ4v) is 3.25. The van der Waals surface area contributed by atoms with E-state index < -0.39 is 5.91 Å². The van der Waals surface area contributed by atoms with Crippen LogP contribution in [0.15, 0.2) is 28.7 Å². The Labute approximate surface area is 147 Å². The third-order valence-electron chi connectivity index (χ3n) is 4.51.